The number of carbonyl (C=O) groups excluding carboxylic acids is 1. The van der Waals surface area contributed by atoms with Crippen molar-refractivity contribution in [3.05, 3.63) is 60.2 Å². The molecule has 0 spiro atoms. The number of amides is 1. The minimum absolute atomic E-state index is 0. The van der Waals surface area contributed by atoms with Crippen molar-refractivity contribution in [2.75, 3.05) is 5.73 Å². The van der Waals surface area contributed by atoms with Crippen molar-refractivity contribution < 1.29 is 13.2 Å². The number of anilines is 1. The van der Waals surface area contributed by atoms with Gasteiger partial charge in [-0.05, 0) is 49.1 Å². The van der Waals surface area contributed by atoms with Gasteiger partial charge in [0.05, 0.1) is 4.90 Å². The normalized spacial score (nSPS) is 11.0. The SMILES string of the molecule is CCCCCCCCCCCCCCCCCC(=O)NS(=O)(=O)c1ccc(N)cc1.CCCCCCCCCCCCc1ccccc1.[NaH]. The van der Waals surface area contributed by atoms with Gasteiger partial charge in [0.1, 0.15) is 0 Å². The van der Waals surface area contributed by atoms with Crippen LogP contribution in [0.15, 0.2) is 59.5 Å². The molecule has 0 bridgehead atoms. The molecule has 5 nitrogen and oxygen atoms in total. The number of unbranched alkanes of at least 4 members (excludes halogenated alkanes) is 23. The second-order valence-electron chi connectivity index (χ2n) is 13.7. The first-order valence-corrected chi connectivity index (χ1v) is 21.3. The number of nitrogens with two attached hydrogens (primary N) is 1. The molecule has 7 heteroatoms. The van der Waals surface area contributed by atoms with Crippen LogP contribution in [0.25, 0.3) is 0 Å². The summed E-state index contributed by atoms with van der Waals surface area (Å²) in [5, 5.41) is 0. The van der Waals surface area contributed by atoms with Crippen LogP contribution in [0.5, 0.6) is 0 Å². The number of aryl methyl sites for hydroxylation is 1. The van der Waals surface area contributed by atoms with E-state index in [1.165, 1.54) is 178 Å². The minimum atomic E-state index is -3.80. The van der Waals surface area contributed by atoms with Gasteiger partial charge < -0.3 is 5.73 Å². The third kappa shape index (κ3) is 29.0. The Morgan fingerprint density at radius 3 is 1.31 bits per heavy atom. The molecule has 0 aliphatic carbocycles. The van der Waals surface area contributed by atoms with E-state index in [0.29, 0.717) is 5.69 Å². The van der Waals surface area contributed by atoms with Crippen molar-refractivity contribution in [3.8, 4) is 0 Å². The fraction of sp³-hybridized carbons (Fsp3) is 0.690. The molecular formula is C42H73N2NaO3S. The molecule has 0 saturated carbocycles. The fourth-order valence-electron chi connectivity index (χ4n) is 6.02. The Morgan fingerprint density at radius 2 is 0.898 bits per heavy atom. The summed E-state index contributed by atoms with van der Waals surface area (Å²) in [5.74, 6) is -0.443. The van der Waals surface area contributed by atoms with E-state index in [0.717, 1.165) is 19.3 Å². The first-order chi connectivity index (χ1) is 23.4. The van der Waals surface area contributed by atoms with Gasteiger partial charge in [-0.25, -0.2) is 13.1 Å². The predicted octanol–water partition coefficient (Wildman–Crippen LogP) is 11.8. The zero-order chi connectivity index (χ0) is 35.0. The number of hydrogen-bond donors (Lipinski definition) is 2. The zero-order valence-electron chi connectivity index (χ0n) is 31.0. The molecule has 0 aliphatic rings. The molecule has 0 saturated heterocycles. The Balaban J connectivity index is 0.00000104. The molecule has 0 radical (unpaired) electrons. The van der Waals surface area contributed by atoms with Gasteiger partial charge in [0.15, 0.2) is 0 Å². The number of carbonyl (C=O) groups is 1. The van der Waals surface area contributed by atoms with E-state index in [-0.39, 0.29) is 40.9 Å². The molecule has 2 aromatic carbocycles. The second-order valence-corrected chi connectivity index (χ2v) is 15.4. The number of rotatable bonds is 29. The number of hydrogen-bond acceptors (Lipinski definition) is 4. The molecule has 2 rings (SSSR count). The van der Waals surface area contributed by atoms with Crippen molar-refractivity contribution >= 4 is 51.2 Å². The summed E-state index contributed by atoms with van der Waals surface area (Å²) in [6.45, 7) is 4.54. The maximum absolute atomic E-state index is 12.1. The fourth-order valence-corrected chi connectivity index (χ4v) is 7.04. The summed E-state index contributed by atoms with van der Waals surface area (Å²) in [6, 6.07) is 16.7. The van der Waals surface area contributed by atoms with Crippen molar-refractivity contribution in [3.63, 3.8) is 0 Å². The number of nitrogen functional groups attached to an aromatic ring is 1. The standard InChI is InChI=1S/C24H42N2O3S.C18H30.Na.H/c1-2-3-4-5-6-7-8-9-10-11-12-13-14-15-16-17-24(27)26-30(28,29)23-20-18-22(25)19-21-23;1-2-3-4-5-6-7-8-9-10-12-15-18-16-13-11-14-17-18;;/h18-21H,2-17,25H2,1H3,(H,26,27);11,13-14,16-17H,2-10,12,15H2,1H3;;. The number of benzene rings is 2. The van der Waals surface area contributed by atoms with Crippen LogP contribution in [0.2, 0.25) is 0 Å². The van der Waals surface area contributed by atoms with E-state index in [9.17, 15) is 13.2 Å². The van der Waals surface area contributed by atoms with Crippen molar-refractivity contribution in [2.45, 2.75) is 192 Å². The van der Waals surface area contributed by atoms with Crippen LogP contribution in [-0.4, -0.2) is 43.9 Å². The Kier molecular flexibility index (Phi) is 32.9. The molecule has 0 heterocycles. The van der Waals surface area contributed by atoms with Crippen LogP contribution in [0.4, 0.5) is 5.69 Å². The first kappa shape index (κ1) is 47.7. The molecule has 276 valence electrons. The van der Waals surface area contributed by atoms with Crippen molar-refractivity contribution in [1.29, 1.82) is 0 Å². The molecule has 0 fully saturated rings. The molecule has 0 aromatic heterocycles. The Hall–Kier alpha value is -1.34. The molecule has 2 aromatic rings. The molecular weight excluding hydrogens is 636 g/mol. The predicted molar refractivity (Wildman–Crippen MR) is 215 cm³/mol. The van der Waals surface area contributed by atoms with Crippen LogP contribution in [0.3, 0.4) is 0 Å². The van der Waals surface area contributed by atoms with Gasteiger partial charge >= 0.3 is 29.6 Å². The van der Waals surface area contributed by atoms with Crippen LogP contribution in [0.1, 0.15) is 186 Å². The van der Waals surface area contributed by atoms with Crippen molar-refractivity contribution in [2.24, 2.45) is 0 Å². The maximum atomic E-state index is 12.1. The summed E-state index contributed by atoms with van der Waals surface area (Å²) in [6.07, 6.45) is 34.7. The van der Waals surface area contributed by atoms with Crippen LogP contribution >= 0.6 is 0 Å². The summed E-state index contributed by atoms with van der Waals surface area (Å²) >= 11 is 0. The Morgan fingerprint density at radius 1 is 0.531 bits per heavy atom. The average Bonchev–Trinajstić information content (AvgIpc) is 3.08. The second kappa shape index (κ2) is 33.8. The van der Waals surface area contributed by atoms with Gasteiger partial charge in [0.2, 0.25) is 5.91 Å². The van der Waals surface area contributed by atoms with E-state index < -0.39 is 15.9 Å². The quantitative estimate of drug-likeness (QED) is 0.0500. The summed E-state index contributed by atoms with van der Waals surface area (Å²) in [4.78, 5) is 12.0. The average molecular weight is 709 g/mol. The molecule has 3 N–H and O–H groups in total. The van der Waals surface area contributed by atoms with Crippen LogP contribution < -0.4 is 10.5 Å². The van der Waals surface area contributed by atoms with Gasteiger partial charge in [0, 0.05) is 12.1 Å². The summed E-state index contributed by atoms with van der Waals surface area (Å²) < 4.78 is 26.4. The zero-order valence-corrected chi connectivity index (χ0v) is 31.8. The van der Waals surface area contributed by atoms with Crippen LogP contribution in [0, 0.1) is 0 Å². The molecule has 0 atom stereocenters. The van der Waals surface area contributed by atoms with Gasteiger partial charge in [-0.15, -0.1) is 0 Å². The monoisotopic (exact) mass is 709 g/mol. The van der Waals surface area contributed by atoms with E-state index in [1.807, 2.05) is 0 Å². The summed E-state index contributed by atoms with van der Waals surface area (Å²) in [5.41, 5.74) is 7.54. The van der Waals surface area contributed by atoms with E-state index in [4.69, 9.17) is 5.73 Å². The summed E-state index contributed by atoms with van der Waals surface area (Å²) in [7, 11) is -3.80. The third-order valence-electron chi connectivity index (χ3n) is 9.11. The molecule has 1 amide bonds. The van der Waals surface area contributed by atoms with E-state index in [2.05, 4.69) is 48.9 Å². The Labute approximate surface area is 325 Å². The number of nitrogens with one attached hydrogen (secondary N) is 1. The number of sulfonamides is 1. The molecule has 49 heavy (non-hydrogen) atoms. The van der Waals surface area contributed by atoms with Gasteiger partial charge in [0.25, 0.3) is 10.0 Å². The van der Waals surface area contributed by atoms with E-state index in [1.54, 1.807) is 0 Å². The first-order valence-electron chi connectivity index (χ1n) is 19.8. The van der Waals surface area contributed by atoms with Gasteiger partial charge in [-0.2, -0.15) is 0 Å². The van der Waals surface area contributed by atoms with Crippen LogP contribution in [-0.2, 0) is 21.2 Å². The molecule has 0 aliphatic heterocycles. The van der Waals surface area contributed by atoms with Gasteiger partial charge in [-0.1, -0.05) is 192 Å². The molecule has 0 unspecified atom stereocenters. The third-order valence-corrected chi connectivity index (χ3v) is 10.5. The van der Waals surface area contributed by atoms with Gasteiger partial charge in [-0.3, -0.25) is 4.79 Å². The van der Waals surface area contributed by atoms with E-state index >= 15 is 0 Å². The topological polar surface area (TPSA) is 89.3 Å². The van der Waals surface area contributed by atoms with Crippen molar-refractivity contribution in [1.82, 2.24) is 4.72 Å². The Bertz CT molecular complexity index is 1110.